The van der Waals surface area contributed by atoms with Gasteiger partial charge in [-0.05, 0) is 26.0 Å². The fraction of sp³-hybridized carbons (Fsp3) is 0.667. The Morgan fingerprint density at radius 3 is 3.00 bits per heavy atom. The number of aryl methyl sites for hydroxylation is 1. The lowest BCUT2D eigenvalue weighted by Crippen LogP contribution is -2.15. The second-order valence-corrected chi connectivity index (χ2v) is 5.25. The number of rotatable bonds is 5. The third-order valence-electron chi connectivity index (χ3n) is 1.61. The van der Waals surface area contributed by atoms with E-state index in [1.165, 1.54) is 5.01 Å². The van der Waals surface area contributed by atoms with Crippen LogP contribution in [0.2, 0.25) is 0 Å². The summed E-state index contributed by atoms with van der Waals surface area (Å²) in [6.07, 6.45) is 1.09. The van der Waals surface area contributed by atoms with Crippen molar-refractivity contribution < 1.29 is 0 Å². The molecule has 0 aromatic carbocycles. The van der Waals surface area contributed by atoms with Crippen molar-refractivity contribution in [3.05, 3.63) is 16.1 Å². The number of nitrogens with zero attached hydrogens (tertiary/aromatic N) is 1. The maximum atomic E-state index is 5.65. The molecule has 0 fully saturated rings. The van der Waals surface area contributed by atoms with Crippen molar-refractivity contribution in [1.29, 1.82) is 0 Å². The van der Waals surface area contributed by atoms with Crippen LogP contribution in [0.25, 0.3) is 0 Å². The van der Waals surface area contributed by atoms with E-state index in [4.69, 9.17) is 5.73 Å². The Balaban J connectivity index is 2.13. The van der Waals surface area contributed by atoms with E-state index in [1.807, 2.05) is 25.6 Å². The molecule has 0 aliphatic carbocycles. The summed E-state index contributed by atoms with van der Waals surface area (Å²) >= 11 is 3.66. The number of aromatic nitrogens is 1. The molecule has 2 N–H and O–H groups in total. The fourth-order valence-electron chi connectivity index (χ4n) is 0.898. The Labute approximate surface area is 87.9 Å². The number of hydrogen-bond acceptors (Lipinski definition) is 4. The zero-order chi connectivity index (χ0) is 9.68. The summed E-state index contributed by atoms with van der Waals surface area (Å²) in [6.45, 7) is 4.08. The molecule has 0 bridgehead atoms. The lowest BCUT2D eigenvalue weighted by atomic mass is 10.3. The molecular weight excluding hydrogens is 200 g/mol. The van der Waals surface area contributed by atoms with Crippen LogP contribution in [0.3, 0.4) is 0 Å². The van der Waals surface area contributed by atoms with Gasteiger partial charge in [0.1, 0.15) is 5.01 Å². The summed E-state index contributed by atoms with van der Waals surface area (Å²) in [5.41, 5.74) is 6.78. The molecule has 0 radical (unpaired) electrons. The molecule has 1 unspecified atom stereocenters. The van der Waals surface area contributed by atoms with Gasteiger partial charge in [-0.2, -0.15) is 11.8 Å². The Morgan fingerprint density at radius 1 is 1.69 bits per heavy atom. The highest BCUT2D eigenvalue weighted by atomic mass is 32.2. The van der Waals surface area contributed by atoms with E-state index in [0.717, 1.165) is 23.6 Å². The minimum atomic E-state index is 0.325. The van der Waals surface area contributed by atoms with Gasteiger partial charge in [0.25, 0.3) is 0 Å². The van der Waals surface area contributed by atoms with Gasteiger partial charge in [-0.25, -0.2) is 4.98 Å². The molecule has 0 aliphatic rings. The molecule has 2 nitrogen and oxygen atoms in total. The molecule has 1 atom stereocenters. The molecule has 0 saturated carbocycles. The minimum absolute atomic E-state index is 0.325. The van der Waals surface area contributed by atoms with Crippen LogP contribution in [0, 0.1) is 6.92 Å². The predicted molar refractivity (Wildman–Crippen MR) is 61.3 cm³/mol. The molecule has 0 spiro atoms. The number of thioether (sulfide) groups is 1. The molecule has 4 heteroatoms. The van der Waals surface area contributed by atoms with E-state index < -0.39 is 0 Å². The van der Waals surface area contributed by atoms with Gasteiger partial charge in [0, 0.05) is 22.9 Å². The predicted octanol–water partition coefficient (Wildman–Crippen LogP) is 2.42. The highest BCUT2D eigenvalue weighted by Gasteiger charge is 1.99. The van der Waals surface area contributed by atoms with Crippen LogP contribution in [0.5, 0.6) is 0 Å². The van der Waals surface area contributed by atoms with Crippen LogP contribution in [-0.2, 0) is 5.75 Å². The average molecular weight is 216 g/mol. The van der Waals surface area contributed by atoms with Gasteiger partial charge < -0.3 is 5.73 Å². The normalized spacial score (nSPS) is 13.2. The summed E-state index contributed by atoms with van der Waals surface area (Å²) in [6, 6.07) is 0.325. The van der Waals surface area contributed by atoms with E-state index in [2.05, 4.69) is 10.4 Å². The minimum Gasteiger partial charge on any atom is -0.328 e. The summed E-state index contributed by atoms with van der Waals surface area (Å²) in [4.78, 5) is 4.39. The SMILES string of the molecule is Cc1csc(CSCCC(C)N)n1. The van der Waals surface area contributed by atoms with Crippen molar-refractivity contribution in [1.82, 2.24) is 4.98 Å². The molecule has 0 saturated heterocycles. The highest BCUT2D eigenvalue weighted by molar-refractivity contribution is 7.98. The van der Waals surface area contributed by atoms with Crippen LogP contribution >= 0.6 is 23.1 Å². The molecule has 1 heterocycles. The smallest absolute Gasteiger partial charge is 0.103 e. The first-order chi connectivity index (χ1) is 6.18. The molecule has 1 rings (SSSR count). The van der Waals surface area contributed by atoms with Crippen LogP contribution < -0.4 is 5.73 Å². The second kappa shape index (κ2) is 5.62. The molecule has 1 aromatic rings. The second-order valence-electron chi connectivity index (χ2n) is 3.20. The molecule has 74 valence electrons. The maximum Gasteiger partial charge on any atom is 0.103 e. The third kappa shape index (κ3) is 4.64. The van der Waals surface area contributed by atoms with Crippen LogP contribution in [-0.4, -0.2) is 16.8 Å². The van der Waals surface area contributed by atoms with Crippen molar-refractivity contribution in [2.24, 2.45) is 5.73 Å². The summed E-state index contributed by atoms with van der Waals surface area (Å²) < 4.78 is 0. The van der Waals surface area contributed by atoms with Gasteiger partial charge in [0.2, 0.25) is 0 Å². The number of thiazole rings is 1. The van der Waals surface area contributed by atoms with Gasteiger partial charge in [0.05, 0.1) is 0 Å². The van der Waals surface area contributed by atoms with Gasteiger partial charge in [-0.1, -0.05) is 0 Å². The quantitative estimate of drug-likeness (QED) is 0.768. The van der Waals surface area contributed by atoms with Crippen LogP contribution in [0.15, 0.2) is 5.38 Å². The zero-order valence-corrected chi connectivity index (χ0v) is 9.75. The van der Waals surface area contributed by atoms with Gasteiger partial charge in [-0.3, -0.25) is 0 Å². The van der Waals surface area contributed by atoms with Crippen molar-refractivity contribution in [3.63, 3.8) is 0 Å². The van der Waals surface area contributed by atoms with Gasteiger partial charge in [-0.15, -0.1) is 11.3 Å². The molecule has 0 amide bonds. The first-order valence-electron chi connectivity index (χ1n) is 4.43. The first kappa shape index (κ1) is 11.0. The monoisotopic (exact) mass is 216 g/mol. The molecule has 1 aromatic heterocycles. The van der Waals surface area contributed by atoms with E-state index in [9.17, 15) is 0 Å². The maximum absolute atomic E-state index is 5.65. The van der Waals surface area contributed by atoms with Gasteiger partial charge in [0.15, 0.2) is 0 Å². The fourth-order valence-corrected chi connectivity index (χ4v) is 2.90. The number of hydrogen-bond donors (Lipinski definition) is 1. The van der Waals surface area contributed by atoms with Crippen LogP contribution in [0.4, 0.5) is 0 Å². The zero-order valence-electron chi connectivity index (χ0n) is 8.12. The van der Waals surface area contributed by atoms with Crippen molar-refractivity contribution in [2.75, 3.05) is 5.75 Å². The lowest BCUT2D eigenvalue weighted by molar-refractivity contribution is 0.721. The lowest BCUT2D eigenvalue weighted by Gasteiger charge is -2.02. The Morgan fingerprint density at radius 2 is 2.46 bits per heavy atom. The van der Waals surface area contributed by atoms with Crippen molar-refractivity contribution >= 4 is 23.1 Å². The van der Waals surface area contributed by atoms with Crippen molar-refractivity contribution in [3.8, 4) is 0 Å². The van der Waals surface area contributed by atoms with E-state index in [1.54, 1.807) is 11.3 Å². The molecular formula is C9H16N2S2. The van der Waals surface area contributed by atoms with Crippen molar-refractivity contribution in [2.45, 2.75) is 32.1 Å². The topological polar surface area (TPSA) is 38.9 Å². The summed E-state index contributed by atoms with van der Waals surface area (Å²) in [7, 11) is 0. The highest BCUT2D eigenvalue weighted by Crippen LogP contribution is 2.17. The molecule has 0 aliphatic heterocycles. The van der Waals surface area contributed by atoms with E-state index >= 15 is 0 Å². The van der Waals surface area contributed by atoms with E-state index in [0.29, 0.717) is 6.04 Å². The summed E-state index contributed by atoms with van der Waals surface area (Å²) in [5, 5.41) is 3.33. The third-order valence-corrected chi connectivity index (χ3v) is 3.76. The van der Waals surface area contributed by atoms with Gasteiger partial charge >= 0.3 is 0 Å². The Hall–Kier alpha value is -0.0600. The molecule has 13 heavy (non-hydrogen) atoms. The Kier molecular flexibility index (Phi) is 4.77. The standard InChI is InChI=1S/C9H16N2S2/c1-7(10)3-4-12-6-9-11-8(2)5-13-9/h5,7H,3-4,6,10H2,1-2H3. The average Bonchev–Trinajstić information content (AvgIpc) is 2.45. The van der Waals surface area contributed by atoms with E-state index in [-0.39, 0.29) is 0 Å². The number of nitrogens with two attached hydrogens (primary N) is 1. The largest absolute Gasteiger partial charge is 0.328 e. The van der Waals surface area contributed by atoms with Crippen LogP contribution in [0.1, 0.15) is 24.0 Å². The Bertz CT molecular complexity index is 246. The first-order valence-corrected chi connectivity index (χ1v) is 6.46. The summed E-state index contributed by atoms with van der Waals surface area (Å²) in [5.74, 6) is 2.17.